The lowest BCUT2D eigenvalue weighted by Crippen LogP contribution is -2.56. The molecule has 3 rings (SSSR count). The number of aromatic nitrogens is 2. The molecule has 9 heteroatoms. The van der Waals surface area contributed by atoms with Crippen LogP contribution in [0.4, 0.5) is 23.1 Å². The number of carbonyl (C=O) groups is 2. The Kier molecular flexibility index (Phi) is 6.62. The predicted octanol–water partition coefficient (Wildman–Crippen LogP) is 3.68. The van der Waals surface area contributed by atoms with Crippen LogP contribution in [0, 0.1) is 0 Å². The van der Waals surface area contributed by atoms with Gasteiger partial charge in [-0.1, -0.05) is 20.8 Å². The summed E-state index contributed by atoms with van der Waals surface area (Å²) < 4.78 is 5.34. The molecule has 1 aromatic heterocycles. The largest absolute Gasteiger partial charge is 0.495 e. The zero-order valence-electron chi connectivity index (χ0n) is 18.5. The van der Waals surface area contributed by atoms with Gasteiger partial charge in [0.05, 0.1) is 24.6 Å². The second-order valence-corrected chi connectivity index (χ2v) is 7.45. The minimum atomic E-state index is -1.03. The SMILES string of the molecule is CCC(CC)N1c2nc(Nc3ccc(C(=O)O)cc3OC)ncc2N(C)C(=O)[C@H]1CC. The first kappa shape index (κ1) is 22.3. The van der Waals surface area contributed by atoms with Gasteiger partial charge in [-0.05, 0) is 37.5 Å². The third-order valence-electron chi connectivity index (χ3n) is 5.72. The summed E-state index contributed by atoms with van der Waals surface area (Å²) in [7, 11) is 3.22. The summed E-state index contributed by atoms with van der Waals surface area (Å²) in [6.45, 7) is 6.23. The molecule has 0 aliphatic carbocycles. The van der Waals surface area contributed by atoms with Crippen LogP contribution >= 0.6 is 0 Å². The van der Waals surface area contributed by atoms with E-state index in [1.807, 2.05) is 6.92 Å². The quantitative estimate of drug-likeness (QED) is 0.657. The van der Waals surface area contributed by atoms with Crippen molar-refractivity contribution in [1.29, 1.82) is 0 Å². The van der Waals surface area contributed by atoms with Gasteiger partial charge in [0.15, 0.2) is 5.82 Å². The van der Waals surface area contributed by atoms with Gasteiger partial charge in [0.1, 0.15) is 17.5 Å². The number of likely N-dealkylation sites (N-methyl/N-ethyl adjacent to an activating group) is 1. The molecular formula is C22H29N5O4. The highest BCUT2D eigenvalue weighted by molar-refractivity contribution is 6.04. The maximum atomic E-state index is 13.0. The van der Waals surface area contributed by atoms with Crippen molar-refractivity contribution in [1.82, 2.24) is 9.97 Å². The minimum Gasteiger partial charge on any atom is -0.495 e. The van der Waals surface area contributed by atoms with Gasteiger partial charge in [-0.15, -0.1) is 0 Å². The van der Waals surface area contributed by atoms with E-state index in [1.165, 1.54) is 19.2 Å². The number of carboxylic acid groups (broad SMARTS) is 1. The highest BCUT2D eigenvalue weighted by Gasteiger charge is 2.39. The van der Waals surface area contributed by atoms with Gasteiger partial charge in [-0.2, -0.15) is 4.98 Å². The fourth-order valence-corrected chi connectivity index (χ4v) is 3.99. The van der Waals surface area contributed by atoms with Crippen LogP contribution in [0.1, 0.15) is 50.4 Å². The number of hydrogen-bond donors (Lipinski definition) is 2. The second kappa shape index (κ2) is 9.20. The summed E-state index contributed by atoms with van der Waals surface area (Å²) in [5, 5.41) is 12.3. The van der Waals surface area contributed by atoms with Crippen LogP contribution in [0.3, 0.4) is 0 Å². The molecule has 31 heavy (non-hydrogen) atoms. The number of methoxy groups -OCH3 is 1. The molecule has 0 unspecified atom stereocenters. The van der Waals surface area contributed by atoms with E-state index in [9.17, 15) is 14.7 Å². The van der Waals surface area contributed by atoms with Crippen molar-refractivity contribution in [2.45, 2.75) is 52.1 Å². The van der Waals surface area contributed by atoms with Crippen LogP contribution in [-0.2, 0) is 4.79 Å². The first-order valence-corrected chi connectivity index (χ1v) is 10.5. The number of anilines is 4. The lowest BCUT2D eigenvalue weighted by molar-refractivity contribution is -0.120. The van der Waals surface area contributed by atoms with Gasteiger partial charge >= 0.3 is 5.97 Å². The standard InChI is InChI=1S/C22H29N5O4/c1-6-14(7-2)27-16(8-3)20(28)26(4)17-12-23-22(25-19(17)27)24-15-10-9-13(21(29)30)11-18(15)31-5/h9-12,14,16H,6-8H2,1-5H3,(H,29,30)(H,23,24,25)/t16-/m1/s1. The third kappa shape index (κ3) is 4.12. The molecule has 2 aromatic rings. The summed E-state index contributed by atoms with van der Waals surface area (Å²) >= 11 is 0. The molecule has 0 saturated carbocycles. The van der Waals surface area contributed by atoms with Crippen LogP contribution < -0.4 is 19.9 Å². The molecular weight excluding hydrogens is 398 g/mol. The highest BCUT2D eigenvalue weighted by atomic mass is 16.5. The van der Waals surface area contributed by atoms with Gasteiger partial charge in [-0.3, -0.25) is 4.79 Å². The number of ether oxygens (including phenoxy) is 1. The smallest absolute Gasteiger partial charge is 0.335 e. The Balaban J connectivity index is 2.04. The molecule has 0 fully saturated rings. The monoisotopic (exact) mass is 427 g/mol. The van der Waals surface area contributed by atoms with Gasteiger partial charge < -0.3 is 25.0 Å². The number of rotatable bonds is 8. The van der Waals surface area contributed by atoms with E-state index >= 15 is 0 Å². The molecule has 2 heterocycles. The average Bonchev–Trinajstić information content (AvgIpc) is 2.78. The fourth-order valence-electron chi connectivity index (χ4n) is 3.99. The number of carbonyl (C=O) groups excluding carboxylic acids is 1. The molecule has 2 N–H and O–H groups in total. The van der Waals surface area contributed by atoms with Crippen LogP contribution in [-0.4, -0.2) is 53.2 Å². The number of nitrogens with zero attached hydrogens (tertiary/aromatic N) is 4. The van der Waals surface area contributed by atoms with Crippen molar-refractivity contribution in [3.05, 3.63) is 30.0 Å². The number of nitrogens with one attached hydrogen (secondary N) is 1. The highest BCUT2D eigenvalue weighted by Crippen LogP contribution is 2.38. The second-order valence-electron chi connectivity index (χ2n) is 7.45. The molecule has 0 spiro atoms. The number of benzene rings is 1. The molecule has 1 atom stereocenters. The van der Waals surface area contributed by atoms with Crippen LogP contribution in [0.15, 0.2) is 24.4 Å². The van der Waals surface area contributed by atoms with Gasteiger partial charge in [0.2, 0.25) is 11.9 Å². The molecule has 9 nitrogen and oxygen atoms in total. The molecule has 1 aliphatic rings. The normalized spacial score (nSPS) is 15.8. The Bertz CT molecular complexity index is 976. The number of fused-ring (bicyclic) bond motifs is 1. The van der Waals surface area contributed by atoms with Crippen LogP contribution in [0.25, 0.3) is 0 Å². The Morgan fingerprint density at radius 2 is 2.00 bits per heavy atom. The van der Waals surface area contributed by atoms with E-state index in [1.54, 1.807) is 24.2 Å². The number of amides is 1. The summed E-state index contributed by atoms with van der Waals surface area (Å²) in [6.07, 6.45) is 4.10. The van der Waals surface area contributed by atoms with Crippen molar-refractivity contribution in [3.8, 4) is 5.75 Å². The third-order valence-corrected chi connectivity index (χ3v) is 5.72. The summed E-state index contributed by atoms with van der Waals surface area (Å²) in [4.78, 5) is 37.1. The minimum absolute atomic E-state index is 0.0390. The van der Waals surface area contributed by atoms with Crippen molar-refractivity contribution >= 4 is 35.0 Å². The average molecular weight is 428 g/mol. The van der Waals surface area contributed by atoms with Gasteiger partial charge in [-0.25, -0.2) is 9.78 Å². The molecule has 1 aromatic carbocycles. The van der Waals surface area contributed by atoms with Crippen LogP contribution in [0.5, 0.6) is 5.75 Å². The lowest BCUT2D eigenvalue weighted by atomic mass is 10.0. The maximum Gasteiger partial charge on any atom is 0.335 e. The van der Waals surface area contributed by atoms with E-state index in [2.05, 4.69) is 29.0 Å². The molecule has 0 radical (unpaired) electrons. The predicted molar refractivity (Wildman–Crippen MR) is 120 cm³/mol. The molecule has 166 valence electrons. The number of carboxylic acids is 1. The van der Waals surface area contributed by atoms with Crippen molar-refractivity contribution in [2.24, 2.45) is 0 Å². The summed E-state index contributed by atoms with van der Waals surface area (Å²) in [5.74, 6) is 0.429. The zero-order chi connectivity index (χ0) is 22.7. The fraction of sp³-hybridized carbons (Fsp3) is 0.455. The van der Waals surface area contributed by atoms with Crippen molar-refractivity contribution in [3.63, 3.8) is 0 Å². The first-order chi connectivity index (χ1) is 14.9. The topological polar surface area (TPSA) is 108 Å². The van der Waals surface area contributed by atoms with E-state index in [4.69, 9.17) is 9.72 Å². The van der Waals surface area contributed by atoms with E-state index in [0.29, 0.717) is 35.3 Å². The van der Waals surface area contributed by atoms with E-state index in [-0.39, 0.29) is 23.6 Å². The lowest BCUT2D eigenvalue weighted by Gasteiger charge is -2.44. The van der Waals surface area contributed by atoms with Crippen molar-refractivity contribution in [2.75, 3.05) is 29.3 Å². The summed E-state index contributed by atoms with van der Waals surface area (Å²) in [6, 6.07) is 4.44. The maximum absolute atomic E-state index is 13.0. The van der Waals surface area contributed by atoms with Gasteiger partial charge in [0.25, 0.3) is 0 Å². The molecule has 1 amide bonds. The first-order valence-electron chi connectivity index (χ1n) is 10.5. The van der Waals surface area contributed by atoms with Crippen LogP contribution in [0.2, 0.25) is 0 Å². The molecule has 0 bridgehead atoms. The van der Waals surface area contributed by atoms with Crippen molar-refractivity contribution < 1.29 is 19.4 Å². The summed E-state index contributed by atoms with van der Waals surface area (Å²) in [5.41, 5.74) is 1.34. The molecule has 1 aliphatic heterocycles. The Labute approximate surface area is 182 Å². The molecule has 0 saturated heterocycles. The zero-order valence-corrected chi connectivity index (χ0v) is 18.5. The Hall–Kier alpha value is -3.36. The number of hydrogen-bond acceptors (Lipinski definition) is 7. The van der Waals surface area contributed by atoms with Gasteiger partial charge in [0, 0.05) is 13.1 Å². The Morgan fingerprint density at radius 3 is 2.58 bits per heavy atom. The Morgan fingerprint density at radius 1 is 1.29 bits per heavy atom. The van der Waals surface area contributed by atoms with E-state index < -0.39 is 5.97 Å². The van der Waals surface area contributed by atoms with E-state index in [0.717, 1.165) is 12.8 Å². The number of aromatic carboxylic acids is 1.